The molecule has 0 spiro atoms. The second-order valence-corrected chi connectivity index (χ2v) is 10.2. The number of nitrogens with zero attached hydrogens (tertiary/aromatic N) is 2. The number of carbonyl (C=O) groups is 1. The van der Waals surface area contributed by atoms with E-state index in [0.717, 1.165) is 30.2 Å². The number of amides is 1. The molecule has 3 aromatic carbocycles. The molecule has 196 valence electrons. The Balaban J connectivity index is 1.79. The van der Waals surface area contributed by atoms with Crippen LogP contribution in [0.15, 0.2) is 71.6 Å². The number of carbonyl (C=O) groups excluding carboxylic acids is 1. The molecule has 3 aromatic rings. The quantitative estimate of drug-likeness (QED) is 0.431. The minimum absolute atomic E-state index is 0.115. The predicted molar refractivity (Wildman–Crippen MR) is 133 cm³/mol. The zero-order chi connectivity index (χ0) is 26.8. The van der Waals surface area contributed by atoms with Gasteiger partial charge in [0.15, 0.2) is 11.5 Å². The summed E-state index contributed by atoms with van der Waals surface area (Å²) in [6.45, 7) is -0.338. The van der Waals surface area contributed by atoms with Crippen LogP contribution in [-0.2, 0) is 27.4 Å². The van der Waals surface area contributed by atoms with Crippen molar-refractivity contribution in [3.63, 3.8) is 0 Å². The first kappa shape index (κ1) is 26.3. The molecule has 1 amide bonds. The molecule has 0 unspecified atom stereocenters. The van der Waals surface area contributed by atoms with Crippen molar-refractivity contribution in [2.75, 3.05) is 36.5 Å². The van der Waals surface area contributed by atoms with Crippen molar-refractivity contribution in [2.45, 2.75) is 23.9 Å². The molecule has 0 bridgehead atoms. The van der Waals surface area contributed by atoms with Gasteiger partial charge >= 0.3 is 6.18 Å². The third kappa shape index (κ3) is 5.36. The number of benzene rings is 3. The molecule has 11 heteroatoms. The van der Waals surface area contributed by atoms with Gasteiger partial charge in [-0.3, -0.25) is 9.10 Å². The summed E-state index contributed by atoms with van der Waals surface area (Å²) in [6.07, 6.45) is -3.26. The van der Waals surface area contributed by atoms with Gasteiger partial charge in [-0.2, -0.15) is 13.2 Å². The highest BCUT2D eigenvalue weighted by molar-refractivity contribution is 7.92. The topological polar surface area (TPSA) is 76.2 Å². The first-order valence-electron chi connectivity index (χ1n) is 11.4. The van der Waals surface area contributed by atoms with E-state index in [1.54, 1.807) is 12.1 Å². The van der Waals surface area contributed by atoms with Gasteiger partial charge in [-0.15, -0.1) is 0 Å². The molecule has 0 fully saturated rings. The summed E-state index contributed by atoms with van der Waals surface area (Å²) in [5.74, 6) is -0.175. The highest BCUT2D eigenvalue weighted by Gasteiger charge is 2.35. The van der Waals surface area contributed by atoms with Crippen LogP contribution in [0.25, 0.3) is 0 Å². The molecule has 1 aliphatic rings. The Morgan fingerprint density at radius 1 is 0.973 bits per heavy atom. The predicted octanol–water partition coefficient (Wildman–Crippen LogP) is 4.90. The van der Waals surface area contributed by atoms with Crippen LogP contribution in [0, 0.1) is 0 Å². The van der Waals surface area contributed by atoms with E-state index < -0.39 is 34.2 Å². The van der Waals surface area contributed by atoms with E-state index in [-0.39, 0.29) is 22.1 Å². The number of alkyl halides is 3. The third-order valence-electron chi connectivity index (χ3n) is 6.09. The molecular formula is C26H25F3N2O5S. The van der Waals surface area contributed by atoms with Gasteiger partial charge in [-0.05, 0) is 54.8 Å². The van der Waals surface area contributed by atoms with E-state index >= 15 is 0 Å². The Kier molecular flexibility index (Phi) is 7.35. The lowest BCUT2D eigenvalue weighted by Crippen LogP contribution is -2.45. The maximum absolute atomic E-state index is 13.8. The number of fused-ring (bicyclic) bond motifs is 1. The molecule has 0 aromatic heterocycles. The molecule has 0 saturated carbocycles. The van der Waals surface area contributed by atoms with Crippen LogP contribution in [0.3, 0.4) is 0 Å². The largest absolute Gasteiger partial charge is 0.493 e. The standard InChI is InChI=1S/C26H25F3N2O5S/c1-35-23-13-12-21(16-24(23)36-2)37(33,34)31(20-10-5-9-19(15-20)26(27,28)29)17-25(32)30-14-6-8-18-7-3-4-11-22(18)30/h3-5,7,9-13,15-16H,6,8,14,17H2,1-2H3. The fourth-order valence-corrected chi connectivity index (χ4v) is 5.68. The fourth-order valence-electron chi connectivity index (χ4n) is 4.26. The number of hydrogen-bond donors (Lipinski definition) is 0. The number of sulfonamides is 1. The molecule has 0 N–H and O–H groups in total. The Morgan fingerprint density at radius 3 is 2.41 bits per heavy atom. The van der Waals surface area contributed by atoms with Crippen molar-refractivity contribution >= 4 is 27.3 Å². The first-order valence-corrected chi connectivity index (χ1v) is 12.8. The number of anilines is 2. The van der Waals surface area contributed by atoms with Gasteiger partial charge < -0.3 is 14.4 Å². The van der Waals surface area contributed by atoms with Gasteiger partial charge in [-0.1, -0.05) is 24.3 Å². The third-order valence-corrected chi connectivity index (χ3v) is 7.86. The molecule has 0 aliphatic carbocycles. The van der Waals surface area contributed by atoms with Gasteiger partial charge in [0.1, 0.15) is 6.54 Å². The zero-order valence-corrected chi connectivity index (χ0v) is 21.0. The van der Waals surface area contributed by atoms with Crippen LogP contribution in [-0.4, -0.2) is 41.6 Å². The highest BCUT2D eigenvalue weighted by atomic mass is 32.2. The lowest BCUT2D eigenvalue weighted by atomic mass is 10.0. The van der Waals surface area contributed by atoms with E-state index in [0.29, 0.717) is 23.0 Å². The number of methoxy groups -OCH3 is 2. The summed E-state index contributed by atoms with van der Waals surface area (Å²) in [5.41, 5.74) is 0.276. The Bertz CT molecular complexity index is 1410. The number of halogens is 3. The minimum atomic E-state index is -4.70. The lowest BCUT2D eigenvalue weighted by molar-refractivity contribution is -0.137. The maximum Gasteiger partial charge on any atom is 0.416 e. The summed E-state index contributed by atoms with van der Waals surface area (Å²) in [4.78, 5) is 14.7. The molecule has 1 heterocycles. The van der Waals surface area contributed by atoms with Crippen LogP contribution in [0.1, 0.15) is 17.5 Å². The molecule has 0 saturated heterocycles. The Labute approximate surface area is 213 Å². The number of aryl methyl sites for hydroxylation is 1. The molecular weight excluding hydrogens is 509 g/mol. The average Bonchev–Trinajstić information content (AvgIpc) is 2.90. The van der Waals surface area contributed by atoms with E-state index in [9.17, 15) is 26.4 Å². The van der Waals surface area contributed by atoms with Crippen molar-refractivity contribution in [1.82, 2.24) is 0 Å². The summed E-state index contributed by atoms with van der Waals surface area (Å²) >= 11 is 0. The molecule has 37 heavy (non-hydrogen) atoms. The smallest absolute Gasteiger partial charge is 0.416 e. The second kappa shape index (κ2) is 10.3. The molecule has 4 rings (SSSR count). The summed E-state index contributed by atoms with van der Waals surface area (Å²) in [5, 5.41) is 0. The molecule has 0 atom stereocenters. The lowest BCUT2D eigenvalue weighted by Gasteiger charge is -2.32. The molecule has 0 radical (unpaired) electrons. The van der Waals surface area contributed by atoms with E-state index in [1.807, 2.05) is 12.1 Å². The second-order valence-electron chi connectivity index (χ2n) is 8.35. The van der Waals surface area contributed by atoms with E-state index in [1.165, 1.54) is 43.4 Å². The van der Waals surface area contributed by atoms with Crippen LogP contribution < -0.4 is 18.7 Å². The van der Waals surface area contributed by atoms with Crippen LogP contribution >= 0.6 is 0 Å². The Hall–Kier alpha value is -3.73. The number of ether oxygens (including phenoxy) is 2. The van der Waals surface area contributed by atoms with Crippen LogP contribution in [0.5, 0.6) is 11.5 Å². The van der Waals surface area contributed by atoms with Crippen molar-refractivity contribution in [1.29, 1.82) is 0 Å². The fraction of sp³-hybridized carbons (Fsp3) is 0.269. The summed E-state index contributed by atoms with van der Waals surface area (Å²) in [7, 11) is -1.79. The number of para-hydroxylation sites is 1. The van der Waals surface area contributed by atoms with E-state index in [2.05, 4.69) is 0 Å². The number of rotatable bonds is 7. The minimum Gasteiger partial charge on any atom is -0.493 e. The van der Waals surface area contributed by atoms with Gasteiger partial charge in [0.2, 0.25) is 5.91 Å². The average molecular weight is 535 g/mol. The summed E-state index contributed by atoms with van der Waals surface area (Å²) < 4.78 is 79.1. The van der Waals surface area contributed by atoms with Crippen molar-refractivity contribution in [3.8, 4) is 11.5 Å². The van der Waals surface area contributed by atoms with Gasteiger partial charge in [0, 0.05) is 18.3 Å². The number of hydrogen-bond acceptors (Lipinski definition) is 5. The molecule has 7 nitrogen and oxygen atoms in total. The van der Waals surface area contributed by atoms with Crippen molar-refractivity contribution in [2.24, 2.45) is 0 Å². The first-order chi connectivity index (χ1) is 17.6. The monoisotopic (exact) mass is 534 g/mol. The maximum atomic E-state index is 13.8. The van der Waals surface area contributed by atoms with Gasteiger partial charge in [0.05, 0.1) is 30.4 Å². The van der Waals surface area contributed by atoms with E-state index in [4.69, 9.17) is 9.47 Å². The zero-order valence-electron chi connectivity index (χ0n) is 20.2. The van der Waals surface area contributed by atoms with Crippen molar-refractivity contribution < 1.29 is 35.9 Å². The normalized spacial score (nSPS) is 13.6. The van der Waals surface area contributed by atoms with Crippen LogP contribution in [0.2, 0.25) is 0 Å². The van der Waals surface area contributed by atoms with Crippen molar-refractivity contribution in [3.05, 3.63) is 77.9 Å². The van der Waals surface area contributed by atoms with Crippen LogP contribution in [0.4, 0.5) is 24.5 Å². The molecule has 1 aliphatic heterocycles. The highest BCUT2D eigenvalue weighted by Crippen LogP contribution is 2.36. The SMILES string of the molecule is COc1ccc(S(=O)(=O)N(CC(=O)N2CCCc3ccccc32)c2cccc(C(F)(F)F)c2)cc1OC. The Morgan fingerprint density at radius 2 is 1.70 bits per heavy atom. The summed E-state index contributed by atoms with van der Waals surface area (Å²) in [6, 6.07) is 15.0. The van der Waals surface area contributed by atoms with Gasteiger partial charge in [-0.25, -0.2) is 8.42 Å². The van der Waals surface area contributed by atoms with Gasteiger partial charge in [0.25, 0.3) is 10.0 Å².